The van der Waals surface area contributed by atoms with E-state index in [0.29, 0.717) is 48.5 Å². The standard InChI is InChI=1S/C23H27NO5/c1-5-14-29-21-11-8-17(15-22(21)26-4)9-13-23(25)24-19-16-18(27-6-2)10-12-20(19)28-7-3/h5,8-13,15-16H,1,6-7,14H2,2-4H3,(H,24,25)/b13-9+. The number of amides is 1. The molecule has 0 radical (unpaired) electrons. The van der Waals surface area contributed by atoms with Crippen LogP contribution in [0.25, 0.3) is 6.08 Å². The second-order valence-electron chi connectivity index (χ2n) is 5.86. The molecular weight excluding hydrogens is 370 g/mol. The molecule has 0 spiro atoms. The largest absolute Gasteiger partial charge is 0.494 e. The van der Waals surface area contributed by atoms with E-state index >= 15 is 0 Å². The minimum Gasteiger partial charge on any atom is -0.494 e. The van der Waals surface area contributed by atoms with Crippen molar-refractivity contribution in [2.75, 3.05) is 32.2 Å². The predicted octanol–water partition coefficient (Wildman–Crippen LogP) is 4.71. The Kier molecular flexibility index (Phi) is 8.63. The van der Waals surface area contributed by atoms with Crippen LogP contribution in [0.2, 0.25) is 0 Å². The number of rotatable bonds is 11. The first-order valence-electron chi connectivity index (χ1n) is 9.41. The molecule has 0 saturated carbocycles. The maximum Gasteiger partial charge on any atom is 0.248 e. The van der Waals surface area contributed by atoms with Crippen molar-refractivity contribution in [3.8, 4) is 23.0 Å². The number of methoxy groups -OCH3 is 1. The van der Waals surface area contributed by atoms with Gasteiger partial charge in [0.2, 0.25) is 5.91 Å². The van der Waals surface area contributed by atoms with Crippen molar-refractivity contribution in [1.82, 2.24) is 0 Å². The van der Waals surface area contributed by atoms with E-state index in [4.69, 9.17) is 18.9 Å². The molecule has 1 amide bonds. The summed E-state index contributed by atoms with van der Waals surface area (Å²) in [4.78, 5) is 12.4. The molecule has 2 aromatic rings. The lowest BCUT2D eigenvalue weighted by atomic mass is 10.2. The molecule has 6 heteroatoms. The Labute approximate surface area is 171 Å². The Morgan fingerprint density at radius 2 is 1.76 bits per heavy atom. The number of carbonyl (C=O) groups is 1. The Hall–Kier alpha value is -3.41. The average Bonchev–Trinajstić information content (AvgIpc) is 2.73. The summed E-state index contributed by atoms with van der Waals surface area (Å²) >= 11 is 0. The summed E-state index contributed by atoms with van der Waals surface area (Å²) in [5.74, 6) is 2.16. The second kappa shape index (κ2) is 11.4. The normalized spacial score (nSPS) is 10.4. The van der Waals surface area contributed by atoms with E-state index in [1.165, 1.54) is 6.08 Å². The van der Waals surface area contributed by atoms with E-state index in [2.05, 4.69) is 11.9 Å². The fourth-order valence-corrected chi connectivity index (χ4v) is 2.55. The zero-order chi connectivity index (χ0) is 21.1. The van der Waals surface area contributed by atoms with Gasteiger partial charge >= 0.3 is 0 Å². The van der Waals surface area contributed by atoms with E-state index in [1.807, 2.05) is 26.0 Å². The highest BCUT2D eigenvalue weighted by atomic mass is 16.5. The van der Waals surface area contributed by atoms with E-state index in [9.17, 15) is 4.79 Å². The third-order valence-electron chi connectivity index (χ3n) is 3.79. The molecule has 2 aromatic carbocycles. The van der Waals surface area contributed by atoms with Crippen molar-refractivity contribution >= 4 is 17.7 Å². The smallest absolute Gasteiger partial charge is 0.248 e. The van der Waals surface area contributed by atoms with Crippen LogP contribution in [0.3, 0.4) is 0 Å². The van der Waals surface area contributed by atoms with Crippen LogP contribution in [-0.4, -0.2) is 32.8 Å². The SMILES string of the molecule is C=CCOc1ccc(/C=C/C(=O)Nc2cc(OCC)ccc2OCC)cc1OC. The lowest BCUT2D eigenvalue weighted by molar-refractivity contribution is -0.111. The molecule has 6 nitrogen and oxygen atoms in total. The van der Waals surface area contributed by atoms with E-state index in [1.54, 1.807) is 43.5 Å². The van der Waals surface area contributed by atoms with Gasteiger partial charge < -0.3 is 24.3 Å². The summed E-state index contributed by atoms with van der Waals surface area (Å²) in [6.45, 7) is 8.83. The maximum absolute atomic E-state index is 12.4. The Morgan fingerprint density at radius 3 is 2.45 bits per heavy atom. The van der Waals surface area contributed by atoms with Gasteiger partial charge in [0.15, 0.2) is 11.5 Å². The average molecular weight is 397 g/mol. The van der Waals surface area contributed by atoms with Gasteiger partial charge in [-0.05, 0) is 49.8 Å². The number of hydrogen-bond acceptors (Lipinski definition) is 5. The molecule has 0 aromatic heterocycles. The van der Waals surface area contributed by atoms with Crippen LogP contribution in [0.15, 0.2) is 55.1 Å². The lowest BCUT2D eigenvalue weighted by Crippen LogP contribution is -2.10. The molecule has 0 heterocycles. The van der Waals surface area contributed by atoms with Gasteiger partial charge in [0.1, 0.15) is 18.1 Å². The third kappa shape index (κ3) is 6.60. The Bertz CT molecular complexity index is 860. The van der Waals surface area contributed by atoms with Crippen LogP contribution in [0.4, 0.5) is 5.69 Å². The van der Waals surface area contributed by atoms with Gasteiger partial charge in [-0.2, -0.15) is 0 Å². The highest BCUT2D eigenvalue weighted by Crippen LogP contribution is 2.30. The zero-order valence-corrected chi connectivity index (χ0v) is 17.1. The Morgan fingerprint density at radius 1 is 1.00 bits per heavy atom. The van der Waals surface area contributed by atoms with Crippen LogP contribution in [-0.2, 0) is 4.79 Å². The molecule has 0 atom stereocenters. The summed E-state index contributed by atoms with van der Waals surface area (Å²) < 4.78 is 21.9. The van der Waals surface area contributed by atoms with Crippen molar-refractivity contribution in [3.63, 3.8) is 0 Å². The van der Waals surface area contributed by atoms with Crippen LogP contribution in [0.5, 0.6) is 23.0 Å². The predicted molar refractivity (Wildman–Crippen MR) is 115 cm³/mol. The van der Waals surface area contributed by atoms with Crippen LogP contribution < -0.4 is 24.3 Å². The zero-order valence-electron chi connectivity index (χ0n) is 17.1. The van der Waals surface area contributed by atoms with Crippen LogP contribution >= 0.6 is 0 Å². The van der Waals surface area contributed by atoms with Crippen molar-refractivity contribution in [2.24, 2.45) is 0 Å². The monoisotopic (exact) mass is 397 g/mol. The molecule has 0 aliphatic rings. The summed E-state index contributed by atoms with van der Waals surface area (Å²) in [5, 5.41) is 2.83. The molecule has 0 aliphatic carbocycles. The number of hydrogen-bond donors (Lipinski definition) is 1. The molecule has 2 rings (SSSR count). The summed E-state index contributed by atoms with van der Waals surface area (Å²) in [6, 6.07) is 10.8. The van der Waals surface area contributed by atoms with Gasteiger partial charge in [-0.1, -0.05) is 18.7 Å². The molecule has 29 heavy (non-hydrogen) atoms. The molecule has 0 fully saturated rings. The summed E-state index contributed by atoms with van der Waals surface area (Å²) in [6.07, 6.45) is 4.80. The van der Waals surface area contributed by atoms with Gasteiger partial charge in [-0.3, -0.25) is 4.79 Å². The molecule has 0 bridgehead atoms. The first-order chi connectivity index (χ1) is 14.1. The number of anilines is 1. The topological polar surface area (TPSA) is 66.0 Å². The van der Waals surface area contributed by atoms with Gasteiger partial charge in [-0.15, -0.1) is 0 Å². The van der Waals surface area contributed by atoms with Crippen LogP contribution in [0.1, 0.15) is 19.4 Å². The van der Waals surface area contributed by atoms with Crippen molar-refractivity contribution in [2.45, 2.75) is 13.8 Å². The van der Waals surface area contributed by atoms with E-state index in [0.717, 1.165) is 5.56 Å². The van der Waals surface area contributed by atoms with Gasteiger partial charge in [-0.25, -0.2) is 0 Å². The molecule has 0 unspecified atom stereocenters. The minimum absolute atomic E-state index is 0.287. The highest BCUT2D eigenvalue weighted by molar-refractivity contribution is 6.03. The molecule has 0 saturated heterocycles. The lowest BCUT2D eigenvalue weighted by Gasteiger charge is -2.12. The number of nitrogens with one attached hydrogen (secondary N) is 1. The van der Waals surface area contributed by atoms with E-state index < -0.39 is 0 Å². The highest BCUT2D eigenvalue weighted by Gasteiger charge is 2.09. The van der Waals surface area contributed by atoms with Gasteiger partial charge in [0, 0.05) is 12.1 Å². The fraction of sp³-hybridized carbons (Fsp3) is 0.261. The first kappa shape index (κ1) is 21.9. The molecule has 154 valence electrons. The quantitative estimate of drug-likeness (QED) is 0.439. The fourth-order valence-electron chi connectivity index (χ4n) is 2.55. The second-order valence-corrected chi connectivity index (χ2v) is 5.86. The van der Waals surface area contributed by atoms with Crippen LogP contribution in [0, 0.1) is 0 Å². The summed E-state index contributed by atoms with van der Waals surface area (Å²) in [7, 11) is 1.57. The Balaban J connectivity index is 2.13. The van der Waals surface area contributed by atoms with Gasteiger partial charge in [0.05, 0.1) is 26.0 Å². The summed E-state index contributed by atoms with van der Waals surface area (Å²) in [5.41, 5.74) is 1.36. The van der Waals surface area contributed by atoms with Gasteiger partial charge in [0.25, 0.3) is 0 Å². The van der Waals surface area contributed by atoms with Crippen molar-refractivity contribution in [3.05, 3.63) is 60.7 Å². The number of ether oxygens (including phenoxy) is 4. The third-order valence-corrected chi connectivity index (χ3v) is 3.79. The number of benzene rings is 2. The molecule has 0 aliphatic heterocycles. The van der Waals surface area contributed by atoms with Crippen molar-refractivity contribution < 1.29 is 23.7 Å². The molecular formula is C23H27NO5. The maximum atomic E-state index is 12.4. The first-order valence-corrected chi connectivity index (χ1v) is 9.41. The number of carbonyl (C=O) groups excluding carboxylic acids is 1. The van der Waals surface area contributed by atoms with E-state index in [-0.39, 0.29) is 5.91 Å². The van der Waals surface area contributed by atoms with Crippen molar-refractivity contribution in [1.29, 1.82) is 0 Å². The minimum atomic E-state index is -0.287. The molecule has 1 N–H and O–H groups in total.